The maximum absolute atomic E-state index is 11.9. The third-order valence-electron chi connectivity index (χ3n) is 2.05. The van der Waals surface area contributed by atoms with E-state index in [1.165, 1.54) is 7.11 Å². The number of carbonyl (C=O) groups excluding carboxylic acids is 1. The summed E-state index contributed by atoms with van der Waals surface area (Å²) in [5.74, 6) is -0.107. The van der Waals surface area contributed by atoms with Gasteiger partial charge in [-0.1, -0.05) is 6.08 Å². The fraction of sp³-hybridized carbons (Fsp3) is 0.727. The zero-order valence-electron chi connectivity index (χ0n) is 10.1. The SMILES string of the molecule is C=CCN(C(=O)C(N)COC)C(C)(C)C. The van der Waals surface area contributed by atoms with Gasteiger partial charge in [-0.3, -0.25) is 4.79 Å². The van der Waals surface area contributed by atoms with Gasteiger partial charge in [0.05, 0.1) is 6.61 Å². The molecule has 0 aliphatic carbocycles. The first-order valence-electron chi connectivity index (χ1n) is 5.01. The summed E-state index contributed by atoms with van der Waals surface area (Å²) < 4.78 is 4.87. The van der Waals surface area contributed by atoms with Gasteiger partial charge in [0.1, 0.15) is 6.04 Å². The molecule has 4 nitrogen and oxygen atoms in total. The summed E-state index contributed by atoms with van der Waals surface area (Å²) in [6.45, 7) is 10.3. The molecule has 1 unspecified atom stereocenters. The minimum absolute atomic E-state index is 0.107. The van der Waals surface area contributed by atoms with Crippen LogP contribution in [0.15, 0.2) is 12.7 Å². The van der Waals surface area contributed by atoms with E-state index in [1.54, 1.807) is 11.0 Å². The van der Waals surface area contributed by atoms with Gasteiger partial charge in [0.15, 0.2) is 0 Å². The Labute approximate surface area is 92.1 Å². The van der Waals surface area contributed by atoms with Gasteiger partial charge >= 0.3 is 0 Å². The lowest BCUT2D eigenvalue weighted by Gasteiger charge is -2.36. The predicted molar refractivity (Wildman–Crippen MR) is 61.5 cm³/mol. The fourth-order valence-corrected chi connectivity index (χ4v) is 1.27. The monoisotopic (exact) mass is 214 g/mol. The highest BCUT2D eigenvalue weighted by molar-refractivity contribution is 5.82. The van der Waals surface area contributed by atoms with Crippen LogP contribution in [-0.4, -0.2) is 42.6 Å². The molecule has 0 aromatic heterocycles. The van der Waals surface area contributed by atoms with Crippen LogP contribution in [0.2, 0.25) is 0 Å². The first-order chi connectivity index (χ1) is 6.84. The predicted octanol–water partition coefficient (Wildman–Crippen LogP) is 0.773. The molecule has 4 heteroatoms. The van der Waals surface area contributed by atoms with E-state index in [1.807, 2.05) is 20.8 Å². The molecule has 0 bridgehead atoms. The van der Waals surface area contributed by atoms with Crippen molar-refractivity contribution in [1.82, 2.24) is 4.90 Å². The van der Waals surface area contributed by atoms with Crippen LogP contribution in [0.25, 0.3) is 0 Å². The van der Waals surface area contributed by atoms with Crippen molar-refractivity contribution < 1.29 is 9.53 Å². The third kappa shape index (κ3) is 4.44. The summed E-state index contributed by atoms with van der Waals surface area (Å²) in [6.07, 6.45) is 1.70. The number of nitrogens with zero attached hydrogens (tertiary/aromatic N) is 1. The van der Waals surface area contributed by atoms with Gasteiger partial charge in [-0.2, -0.15) is 0 Å². The fourth-order valence-electron chi connectivity index (χ4n) is 1.27. The van der Waals surface area contributed by atoms with E-state index >= 15 is 0 Å². The quantitative estimate of drug-likeness (QED) is 0.688. The first-order valence-corrected chi connectivity index (χ1v) is 5.01. The molecule has 1 amide bonds. The van der Waals surface area contributed by atoms with Gasteiger partial charge in [0.2, 0.25) is 5.91 Å². The van der Waals surface area contributed by atoms with Crippen molar-refractivity contribution in [1.29, 1.82) is 0 Å². The van der Waals surface area contributed by atoms with Crippen molar-refractivity contribution in [3.8, 4) is 0 Å². The Morgan fingerprint density at radius 2 is 2.13 bits per heavy atom. The summed E-state index contributed by atoms with van der Waals surface area (Å²) in [4.78, 5) is 13.6. The molecule has 2 N–H and O–H groups in total. The standard InChI is InChI=1S/C11H22N2O2/c1-6-7-13(11(2,3)4)10(14)9(12)8-15-5/h6,9H,1,7-8,12H2,2-5H3. The number of nitrogens with two attached hydrogens (primary N) is 1. The van der Waals surface area contributed by atoms with Crippen molar-refractivity contribution in [2.45, 2.75) is 32.4 Å². The second-order valence-electron chi connectivity index (χ2n) is 4.47. The number of hydrogen-bond acceptors (Lipinski definition) is 3. The van der Waals surface area contributed by atoms with Gasteiger partial charge in [0, 0.05) is 19.2 Å². The van der Waals surface area contributed by atoms with Crippen LogP contribution >= 0.6 is 0 Å². The maximum Gasteiger partial charge on any atom is 0.242 e. The molecule has 0 aliphatic rings. The molecule has 0 fully saturated rings. The van der Waals surface area contributed by atoms with Crippen LogP contribution in [0.5, 0.6) is 0 Å². The lowest BCUT2D eigenvalue weighted by molar-refractivity contribution is -0.137. The molecule has 0 saturated carbocycles. The second-order valence-corrected chi connectivity index (χ2v) is 4.47. The Hall–Kier alpha value is -0.870. The Morgan fingerprint density at radius 1 is 1.60 bits per heavy atom. The molecule has 1 atom stereocenters. The molecular weight excluding hydrogens is 192 g/mol. The number of carbonyl (C=O) groups is 1. The van der Waals surface area contributed by atoms with Crippen molar-refractivity contribution in [3.05, 3.63) is 12.7 Å². The van der Waals surface area contributed by atoms with E-state index in [4.69, 9.17) is 10.5 Å². The zero-order chi connectivity index (χ0) is 12.1. The summed E-state index contributed by atoms with van der Waals surface area (Å²) in [5.41, 5.74) is 5.45. The third-order valence-corrected chi connectivity index (χ3v) is 2.05. The maximum atomic E-state index is 11.9. The van der Waals surface area contributed by atoms with Gasteiger partial charge < -0.3 is 15.4 Å². The van der Waals surface area contributed by atoms with Crippen LogP contribution < -0.4 is 5.73 Å². The van der Waals surface area contributed by atoms with Gasteiger partial charge in [-0.05, 0) is 20.8 Å². The van der Waals surface area contributed by atoms with E-state index < -0.39 is 6.04 Å². The van der Waals surface area contributed by atoms with Crippen molar-refractivity contribution in [3.63, 3.8) is 0 Å². The molecule has 0 radical (unpaired) electrons. The Balaban J connectivity index is 4.62. The summed E-state index contributed by atoms with van der Waals surface area (Å²) in [6, 6.07) is -0.603. The average Bonchev–Trinajstić information content (AvgIpc) is 2.11. The first kappa shape index (κ1) is 14.1. The minimum Gasteiger partial charge on any atom is -0.383 e. The molecule has 0 aromatic rings. The average molecular weight is 214 g/mol. The van der Waals surface area contributed by atoms with Crippen molar-refractivity contribution in [2.75, 3.05) is 20.3 Å². The Morgan fingerprint density at radius 3 is 2.47 bits per heavy atom. The van der Waals surface area contributed by atoms with E-state index in [2.05, 4.69) is 6.58 Å². The molecule has 0 rings (SSSR count). The topological polar surface area (TPSA) is 55.6 Å². The molecular formula is C11H22N2O2. The highest BCUT2D eigenvalue weighted by atomic mass is 16.5. The highest BCUT2D eigenvalue weighted by Crippen LogP contribution is 2.14. The molecule has 0 saturated heterocycles. The van der Waals surface area contributed by atoms with Crippen LogP contribution in [-0.2, 0) is 9.53 Å². The Kier molecular flexibility index (Phi) is 5.54. The molecule has 0 heterocycles. The number of ether oxygens (including phenoxy) is 1. The van der Waals surface area contributed by atoms with Crippen LogP contribution in [0, 0.1) is 0 Å². The molecule has 0 spiro atoms. The zero-order valence-corrected chi connectivity index (χ0v) is 10.1. The van der Waals surface area contributed by atoms with Gasteiger partial charge in [-0.25, -0.2) is 0 Å². The van der Waals surface area contributed by atoms with Crippen molar-refractivity contribution >= 4 is 5.91 Å². The normalized spacial score (nSPS) is 13.4. The summed E-state index contributed by atoms with van der Waals surface area (Å²) >= 11 is 0. The lowest BCUT2D eigenvalue weighted by atomic mass is 10.0. The highest BCUT2D eigenvalue weighted by Gasteiger charge is 2.28. The number of methoxy groups -OCH3 is 1. The Bertz CT molecular complexity index is 221. The molecule has 88 valence electrons. The molecule has 15 heavy (non-hydrogen) atoms. The number of hydrogen-bond donors (Lipinski definition) is 1. The van der Waals surface area contributed by atoms with Crippen LogP contribution in [0.3, 0.4) is 0 Å². The van der Waals surface area contributed by atoms with Gasteiger partial charge in [0.25, 0.3) is 0 Å². The molecule has 0 aromatic carbocycles. The minimum atomic E-state index is -0.603. The lowest BCUT2D eigenvalue weighted by Crippen LogP contribution is -2.53. The summed E-state index contributed by atoms with van der Waals surface area (Å²) in [5, 5.41) is 0. The largest absolute Gasteiger partial charge is 0.383 e. The van der Waals surface area contributed by atoms with Crippen LogP contribution in [0.1, 0.15) is 20.8 Å². The van der Waals surface area contributed by atoms with E-state index in [0.717, 1.165) is 0 Å². The second kappa shape index (κ2) is 5.88. The molecule has 0 aliphatic heterocycles. The van der Waals surface area contributed by atoms with E-state index in [-0.39, 0.29) is 18.1 Å². The summed E-state index contributed by atoms with van der Waals surface area (Å²) in [7, 11) is 1.53. The van der Waals surface area contributed by atoms with E-state index in [9.17, 15) is 4.79 Å². The number of rotatable bonds is 5. The van der Waals surface area contributed by atoms with E-state index in [0.29, 0.717) is 6.54 Å². The van der Waals surface area contributed by atoms with Gasteiger partial charge in [-0.15, -0.1) is 6.58 Å². The van der Waals surface area contributed by atoms with Crippen molar-refractivity contribution in [2.24, 2.45) is 5.73 Å². The number of amides is 1. The smallest absolute Gasteiger partial charge is 0.242 e. The van der Waals surface area contributed by atoms with Crippen LogP contribution in [0.4, 0.5) is 0 Å².